The van der Waals surface area contributed by atoms with Crippen molar-refractivity contribution in [2.75, 3.05) is 11.9 Å². The lowest BCUT2D eigenvalue weighted by Crippen LogP contribution is -2.14. The molecule has 5 heteroatoms. The van der Waals surface area contributed by atoms with Crippen molar-refractivity contribution in [1.29, 1.82) is 0 Å². The molecule has 21 heavy (non-hydrogen) atoms. The van der Waals surface area contributed by atoms with Crippen LogP contribution >= 0.6 is 0 Å². The third-order valence-electron chi connectivity index (χ3n) is 2.69. The van der Waals surface area contributed by atoms with Gasteiger partial charge in [0.15, 0.2) is 0 Å². The van der Waals surface area contributed by atoms with Gasteiger partial charge in [0.1, 0.15) is 12.4 Å². The van der Waals surface area contributed by atoms with E-state index in [1.807, 2.05) is 6.92 Å². The molecule has 0 fully saturated rings. The normalized spacial score (nSPS) is 9.67. The van der Waals surface area contributed by atoms with Crippen LogP contribution in [0.15, 0.2) is 36.5 Å². The SMILES string of the molecule is Cc1ccc(NC(=O)c2ccc(C#CCO)cc2F)cn1. The number of aryl methyl sites for hydroxylation is 1. The Hall–Kier alpha value is -2.71. The highest BCUT2D eigenvalue weighted by Crippen LogP contribution is 2.13. The van der Waals surface area contributed by atoms with E-state index < -0.39 is 11.7 Å². The first-order chi connectivity index (χ1) is 10.1. The molecule has 0 saturated heterocycles. The Bertz CT molecular complexity index is 715. The van der Waals surface area contributed by atoms with Crippen LogP contribution in [0.4, 0.5) is 10.1 Å². The summed E-state index contributed by atoms with van der Waals surface area (Å²) in [5.74, 6) is 3.77. The average molecular weight is 284 g/mol. The van der Waals surface area contributed by atoms with Gasteiger partial charge in [-0.05, 0) is 37.3 Å². The molecule has 2 rings (SSSR count). The Kier molecular flexibility index (Phi) is 4.64. The van der Waals surface area contributed by atoms with Crippen LogP contribution in [0.25, 0.3) is 0 Å². The minimum Gasteiger partial charge on any atom is -0.384 e. The molecule has 1 heterocycles. The number of hydrogen-bond acceptors (Lipinski definition) is 3. The van der Waals surface area contributed by atoms with E-state index >= 15 is 0 Å². The number of carbonyl (C=O) groups is 1. The van der Waals surface area contributed by atoms with E-state index in [1.165, 1.54) is 18.3 Å². The van der Waals surface area contributed by atoms with Crippen molar-refractivity contribution >= 4 is 11.6 Å². The molecular formula is C16H13FN2O2. The molecule has 0 unspecified atom stereocenters. The van der Waals surface area contributed by atoms with Crippen LogP contribution in [-0.4, -0.2) is 22.6 Å². The largest absolute Gasteiger partial charge is 0.384 e. The molecule has 1 aromatic carbocycles. The summed E-state index contributed by atoms with van der Waals surface area (Å²) < 4.78 is 13.9. The van der Waals surface area contributed by atoms with Gasteiger partial charge >= 0.3 is 0 Å². The van der Waals surface area contributed by atoms with E-state index in [4.69, 9.17) is 5.11 Å². The van der Waals surface area contributed by atoms with Crippen molar-refractivity contribution < 1.29 is 14.3 Å². The summed E-state index contributed by atoms with van der Waals surface area (Å²) >= 11 is 0. The number of rotatable bonds is 2. The van der Waals surface area contributed by atoms with E-state index in [2.05, 4.69) is 22.1 Å². The fourth-order valence-electron chi connectivity index (χ4n) is 1.66. The lowest BCUT2D eigenvalue weighted by Gasteiger charge is -2.06. The van der Waals surface area contributed by atoms with Gasteiger partial charge in [0, 0.05) is 11.3 Å². The summed E-state index contributed by atoms with van der Waals surface area (Å²) in [5, 5.41) is 11.2. The lowest BCUT2D eigenvalue weighted by molar-refractivity contribution is 0.102. The van der Waals surface area contributed by atoms with Gasteiger partial charge in [-0.1, -0.05) is 11.8 Å². The van der Waals surface area contributed by atoms with Crippen molar-refractivity contribution in [3.63, 3.8) is 0 Å². The van der Waals surface area contributed by atoms with E-state index in [-0.39, 0.29) is 12.2 Å². The molecule has 0 aliphatic rings. The molecule has 0 aliphatic carbocycles. The van der Waals surface area contributed by atoms with Crippen molar-refractivity contribution in [3.05, 3.63) is 59.2 Å². The first-order valence-corrected chi connectivity index (χ1v) is 6.23. The predicted octanol–water partition coefficient (Wildman–Crippen LogP) is 2.13. The fraction of sp³-hybridized carbons (Fsp3) is 0.125. The van der Waals surface area contributed by atoms with E-state index in [9.17, 15) is 9.18 Å². The second kappa shape index (κ2) is 6.64. The molecular weight excluding hydrogens is 271 g/mol. The number of nitrogens with one attached hydrogen (secondary N) is 1. The summed E-state index contributed by atoms with van der Waals surface area (Å²) in [7, 11) is 0. The molecule has 0 bridgehead atoms. The minimum absolute atomic E-state index is 0.0786. The zero-order valence-corrected chi connectivity index (χ0v) is 11.4. The number of amides is 1. The zero-order valence-electron chi connectivity index (χ0n) is 11.4. The van der Waals surface area contributed by atoms with Crippen LogP contribution in [0.1, 0.15) is 21.6 Å². The molecule has 0 saturated carbocycles. The molecule has 0 aliphatic heterocycles. The van der Waals surface area contributed by atoms with E-state index in [0.717, 1.165) is 11.8 Å². The van der Waals surface area contributed by atoms with Gasteiger partial charge in [-0.3, -0.25) is 9.78 Å². The summed E-state index contributed by atoms with van der Waals surface area (Å²) in [4.78, 5) is 16.0. The number of aliphatic hydroxyl groups is 1. The van der Waals surface area contributed by atoms with Crippen LogP contribution in [0.2, 0.25) is 0 Å². The van der Waals surface area contributed by atoms with Crippen LogP contribution in [0, 0.1) is 24.6 Å². The first kappa shape index (κ1) is 14.7. The van der Waals surface area contributed by atoms with Crippen molar-refractivity contribution in [1.82, 2.24) is 4.98 Å². The minimum atomic E-state index is -0.669. The molecule has 2 N–H and O–H groups in total. The number of halogens is 1. The van der Waals surface area contributed by atoms with Gasteiger partial charge < -0.3 is 10.4 Å². The molecule has 1 aromatic heterocycles. The quantitative estimate of drug-likeness (QED) is 0.830. The molecule has 0 spiro atoms. The topological polar surface area (TPSA) is 62.2 Å². The van der Waals surface area contributed by atoms with Crippen molar-refractivity contribution in [3.8, 4) is 11.8 Å². The second-order valence-corrected chi connectivity index (χ2v) is 4.30. The summed E-state index contributed by atoms with van der Waals surface area (Å²) in [6.45, 7) is 1.53. The Balaban J connectivity index is 2.17. The Morgan fingerprint density at radius 2 is 2.19 bits per heavy atom. The third kappa shape index (κ3) is 3.88. The number of carbonyl (C=O) groups excluding carboxylic acids is 1. The number of anilines is 1. The highest BCUT2D eigenvalue weighted by atomic mass is 19.1. The van der Waals surface area contributed by atoms with Crippen molar-refractivity contribution in [2.45, 2.75) is 6.92 Å². The van der Waals surface area contributed by atoms with Gasteiger partial charge in [-0.15, -0.1) is 0 Å². The number of pyridine rings is 1. The zero-order chi connectivity index (χ0) is 15.2. The maximum Gasteiger partial charge on any atom is 0.258 e. The molecule has 106 valence electrons. The van der Waals surface area contributed by atoms with Crippen LogP contribution < -0.4 is 5.32 Å². The van der Waals surface area contributed by atoms with E-state index in [1.54, 1.807) is 12.1 Å². The molecule has 1 amide bonds. The monoisotopic (exact) mass is 284 g/mol. The second-order valence-electron chi connectivity index (χ2n) is 4.30. The predicted molar refractivity (Wildman–Crippen MR) is 77.3 cm³/mol. The maximum absolute atomic E-state index is 13.9. The molecule has 0 atom stereocenters. The van der Waals surface area contributed by atoms with Crippen molar-refractivity contribution in [2.24, 2.45) is 0 Å². The van der Waals surface area contributed by atoms with Gasteiger partial charge in [0.2, 0.25) is 0 Å². The highest BCUT2D eigenvalue weighted by molar-refractivity contribution is 6.04. The van der Waals surface area contributed by atoms with Gasteiger partial charge in [0.25, 0.3) is 5.91 Å². The number of nitrogens with zero attached hydrogens (tertiary/aromatic N) is 1. The van der Waals surface area contributed by atoms with Gasteiger partial charge in [-0.25, -0.2) is 4.39 Å². The number of benzene rings is 1. The summed E-state index contributed by atoms with van der Waals surface area (Å²) in [6.07, 6.45) is 1.51. The standard InChI is InChI=1S/C16H13FN2O2/c1-11-4-6-13(10-18-11)19-16(21)14-7-5-12(3-2-8-20)9-15(14)17/h4-7,9-10,20H,8H2,1H3,(H,19,21). The smallest absolute Gasteiger partial charge is 0.258 e. The number of aromatic nitrogens is 1. The third-order valence-corrected chi connectivity index (χ3v) is 2.69. The first-order valence-electron chi connectivity index (χ1n) is 6.23. The Morgan fingerprint density at radius 1 is 1.38 bits per heavy atom. The number of aliphatic hydroxyl groups excluding tert-OH is 1. The van der Waals surface area contributed by atoms with Crippen LogP contribution in [0.5, 0.6) is 0 Å². The fourth-order valence-corrected chi connectivity index (χ4v) is 1.66. The summed E-state index contributed by atoms with van der Waals surface area (Å²) in [6, 6.07) is 7.48. The maximum atomic E-state index is 13.9. The van der Waals surface area contributed by atoms with Crippen LogP contribution in [-0.2, 0) is 0 Å². The van der Waals surface area contributed by atoms with Crippen LogP contribution in [0.3, 0.4) is 0 Å². The van der Waals surface area contributed by atoms with Gasteiger partial charge in [-0.2, -0.15) is 0 Å². The Morgan fingerprint density at radius 3 is 2.81 bits per heavy atom. The lowest BCUT2D eigenvalue weighted by atomic mass is 10.1. The Labute approximate surface area is 121 Å². The van der Waals surface area contributed by atoms with Gasteiger partial charge in [0.05, 0.1) is 17.4 Å². The highest BCUT2D eigenvalue weighted by Gasteiger charge is 2.12. The van der Waals surface area contributed by atoms with E-state index in [0.29, 0.717) is 11.3 Å². The molecule has 2 aromatic rings. The molecule has 0 radical (unpaired) electrons. The molecule has 4 nitrogen and oxygen atoms in total. The summed E-state index contributed by atoms with van der Waals surface area (Å²) in [5.41, 5.74) is 1.64. The average Bonchev–Trinajstić information content (AvgIpc) is 2.47. The number of hydrogen-bond donors (Lipinski definition) is 2.